The second-order valence-corrected chi connectivity index (χ2v) is 4.60. The van der Waals surface area contributed by atoms with Gasteiger partial charge in [0.05, 0.1) is 13.2 Å². The van der Waals surface area contributed by atoms with Crippen molar-refractivity contribution in [1.82, 2.24) is 9.88 Å². The van der Waals surface area contributed by atoms with E-state index in [9.17, 15) is 4.79 Å². The van der Waals surface area contributed by atoms with Crippen LogP contribution in [0.25, 0.3) is 10.8 Å². The van der Waals surface area contributed by atoms with E-state index in [-0.39, 0.29) is 5.56 Å². The molecule has 4 nitrogen and oxygen atoms in total. The van der Waals surface area contributed by atoms with E-state index in [1.54, 1.807) is 0 Å². The topological polar surface area (TPSA) is 45.3 Å². The molecule has 0 unspecified atom stereocenters. The van der Waals surface area contributed by atoms with Gasteiger partial charge in [-0.2, -0.15) is 0 Å². The minimum Gasteiger partial charge on any atom is -0.379 e. The summed E-state index contributed by atoms with van der Waals surface area (Å²) in [5.41, 5.74) is 0.969. The molecule has 4 heteroatoms. The van der Waals surface area contributed by atoms with Crippen molar-refractivity contribution in [3.05, 3.63) is 46.4 Å². The Hall–Kier alpha value is -1.65. The fraction of sp³-hybridized carbons (Fsp3) is 0.357. The molecular weight excluding hydrogens is 228 g/mol. The van der Waals surface area contributed by atoms with E-state index in [1.807, 2.05) is 24.3 Å². The first-order chi connectivity index (χ1) is 8.83. The standard InChI is InChI=1S/C14H16N2O2/c17-14-13-4-2-1-3-11(13)9-12(15-14)10-16-5-7-18-8-6-16/h1-4,9H,5-8,10H2,(H,15,17). The third kappa shape index (κ3) is 2.30. The van der Waals surface area contributed by atoms with Crippen LogP contribution in [0.2, 0.25) is 0 Å². The van der Waals surface area contributed by atoms with E-state index >= 15 is 0 Å². The molecule has 1 aromatic carbocycles. The molecule has 0 saturated carbocycles. The van der Waals surface area contributed by atoms with Crippen LogP contribution in [0.4, 0.5) is 0 Å². The van der Waals surface area contributed by atoms with Crippen molar-refractivity contribution in [2.45, 2.75) is 6.54 Å². The highest BCUT2D eigenvalue weighted by atomic mass is 16.5. The lowest BCUT2D eigenvalue weighted by Crippen LogP contribution is -2.36. The fourth-order valence-corrected chi connectivity index (χ4v) is 2.35. The summed E-state index contributed by atoms with van der Waals surface area (Å²) in [4.78, 5) is 17.2. The summed E-state index contributed by atoms with van der Waals surface area (Å²) in [5, 5.41) is 1.76. The second kappa shape index (κ2) is 4.92. The highest BCUT2D eigenvalue weighted by Gasteiger charge is 2.11. The molecule has 1 saturated heterocycles. The summed E-state index contributed by atoms with van der Waals surface area (Å²) >= 11 is 0. The van der Waals surface area contributed by atoms with Crippen LogP contribution in [0, 0.1) is 0 Å². The molecule has 0 spiro atoms. The zero-order valence-corrected chi connectivity index (χ0v) is 10.2. The maximum atomic E-state index is 11.9. The molecule has 0 radical (unpaired) electrons. The van der Waals surface area contributed by atoms with Gasteiger partial charge in [0.15, 0.2) is 0 Å². The van der Waals surface area contributed by atoms with E-state index in [1.165, 1.54) is 0 Å². The summed E-state index contributed by atoms with van der Waals surface area (Å²) in [5.74, 6) is 0. The Kier molecular flexibility index (Phi) is 3.13. The van der Waals surface area contributed by atoms with Crippen LogP contribution in [0.1, 0.15) is 5.69 Å². The number of nitrogens with one attached hydrogen (secondary N) is 1. The molecule has 0 amide bonds. The lowest BCUT2D eigenvalue weighted by molar-refractivity contribution is 0.0336. The number of benzene rings is 1. The number of hydrogen-bond donors (Lipinski definition) is 1. The van der Waals surface area contributed by atoms with Gasteiger partial charge < -0.3 is 9.72 Å². The van der Waals surface area contributed by atoms with Gasteiger partial charge >= 0.3 is 0 Å². The minimum absolute atomic E-state index is 0.00337. The van der Waals surface area contributed by atoms with Gasteiger partial charge in [0.1, 0.15) is 0 Å². The number of fused-ring (bicyclic) bond motifs is 1. The minimum atomic E-state index is -0.00337. The van der Waals surface area contributed by atoms with Crippen LogP contribution in [-0.2, 0) is 11.3 Å². The molecule has 94 valence electrons. The van der Waals surface area contributed by atoms with Crippen LogP contribution in [0.5, 0.6) is 0 Å². The number of H-pyrrole nitrogens is 1. The average Bonchev–Trinajstić information content (AvgIpc) is 2.40. The lowest BCUT2D eigenvalue weighted by atomic mass is 10.1. The summed E-state index contributed by atoms with van der Waals surface area (Å²) in [6.07, 6.45) is 0. The summed E-state index contributed by atoms with van der Waals surface area (Å²) < 4.78 is 5.32. The Morgan fingerprint density at radius 3 is 2.83 bits per heavy atom. The van der Waals surface area contributed by atoms with Gasteiger partial charge in [-0.15, -0.1) is 0 Å². The Labute approximate surface area is 105 Å². The number of rotatable bonds is 2. The zero-order chi connectivity index (χ0) is 12.4. The molecule has 1 aliphatic rings. The SMILES string of the molecule is O=c1[nH]c(CN2CCOCC2)cc2ccccc12. The van der Waals surface area contributed by atoms with Crippen molar-refractivity contribution in [3.63, 3.8) is 0 Å². The Morgan fingerprint density at radius 2 is 2.00 bits per heavy atom. The first-order valence-corrected chi connectivity index (χ1v) is 6.24. The van der Waals surface area contributed by atoms with Crippen molar-refractivity contribution in [1.29, 1.82) is 0 Å². The fourth-order valence-electron chi connectivity index (χ4n) is 2.35. The quantitative estimate of drug-likeness (QED) is 0.867. The third-order valence-corrected chi connectivity index (χ3v) is 3.31. The van der Waals surface area contributed by atoms with E-state index < -0.39 is 0 Å². The van der Waals surface area contributed by atoms with E-state index in [0.717, 1.165) is 49.3 Å². The molecule has 1 fully saturated rings. The van der Waals surface area contributed by atoms with Crippen molar-refractivity contribution in [3.8, 4) is 0 Å². The molecule has 1 aromatic heterocycles. The number of morpholine rings is 1. The zero-order valence-electron chi connectivity index (χ0n) is 10.2. The molecule has 2 heterocycles. The molecule has 0 aliphatic carbocycles. The molecule has 1 aliphatic heterocycles. The number of nitrogens with zero attached hydrogens (tertiary/aromatic N) is 1. The van der Waals surface area contributed by atoms with Gasteiger partial charge in [-0.1, -0.05) is 18.2 Å². The van der Waals surface area contributed by atoms with Crippen LogP contribution < -0.4 is 5.56 Å². The first kappa shape index (κ1) is 11.4. The van der Waals surface area contributed by atoms with Gasteiger partial charge in [0.25, 0.3) is 5.56 Å². The van der Waals surface area contributed by atoms with Crippen LogP contribution in [0.15, 0.2) is 35.1 Å². The monoisotopic (exact) mass is 244 g/mol. The number of aromatic nitrogens is 1. The number of pyridine rings is 1. The predicted octanol–water partition coefficient (Wildman–Crippen LogP) is 1.36. The molecule has 2 aromatic rings. The van der Waals surface area contributed by atoms with Gasteiger partial charge in [-0.25, -0.2) is 0 Å². The second-order valence-electron chi connectivity index (χ2n) is 4.60. The third-order valence-electron chi connectivity index (χ3n) is 3.31. The molecule has 0 bridgehead atoms. The van der Waals surface area contributed by atoms with Crippen LogP contribution in [-0.4, -0.2) is 36.2 Å². The Morgan fingerprint density at radius 1 is 1.22 bits per heavy atom. The van der Waals surface area contributed by atoms with E-state index in [2.05, 4.69) is 16.0 Å². The van der Waals surface area contributed by atoms with Gasteiger partial charge in [0.2, 0.25) is 0 Å². The van der Waals surface area contributed by atoms with Crippen molar-refractivity contribution in [2.75, 3.05) is 26.3 Å². The molecular formula is C14H16N2O2. The van der Waals surface area contributed by atoms with Crippen LogP contribution >= 0.6 is 0 Å². The largest absolute Gasteiger partial charge is 0.379 e. The lowest BCUT2D eigenvalue weighted by Gasteiger charge is -2.26. The molecule has 18 heavy (non-hydrogen) atoms. The summed E-state index contributed by atoms with van der Waals surface area (Å²) in [6, 6.07) is 9.74. The van der Waals surface area contributed by atoms with Crippen LogP contribution in [0.3, 0.4) is 0 Å². The molecule has 0 atom stereocenters. The van der Waals surface area contributed by atoms with Gasteiger partial charge in [0, 0.05) is 30.7 Å². The maximum Gasteiger partial charge on any atom is 0.256 e. The first-order valence-electron chi connectivity index (χ1n) is 6.24. The molecule has 1 N–H and O–H groups in total. The maximum absolute atomic E-state index is 11.9. The van der Waals surface area contributed by atoms with Gasteiger partial charge in [-0.3, -0.25) is 9.69 Å². The highest BCUT2D eigenvalue weighted by Crippen LogP contribution is 2.11. The van der Waals surface area contributed by atoms with Crippen molar-refractivity contribution >= 4 is 10.8 Å². The Balaban J connectivity index is 1.90. The summed E-state index contributed by atoms with van der Waals surface area (Å²) in [6.45, 7) is 4.18. The molecule has 3 rings (SSSR count). The predicted molar refractivity (Wildman–Crippen MR) is 70.7 cm³/mol. The van der Waals surface area contributed by atoms with E-state index in [0.29, 0.717) is 0 Å². The average molecular weight is 244 g/mol. The van der Waals surface area contributed by atoms with Crippen molar-refractivity contribution in [2.24, 2.45) is 0 Å². The van der Waals surface area contributed by atoms with E-state index in [4.69, 9.17) is 4.74 Å². The highest BCUT2D eigenvalue weighted by molar-refractivity contribution is 5.81. The van der Waals surface area contributed by atoms with Crippen molar-refractivity contribution < 1.29 is 4.74 Å². The summed E-state index contributed by atoms with van der Waals surface area (Å²) in [7, 11) is 0. The Bertz CT molecular complexity index is 600. The van der Waals surface area contributed by atoms with Gasteiger partial charge in [-0.05, 0) is 17.5 Å². The number of aromatic amines is 1. The number of ether oxygens (including phenoxy) is 1. The smallest absolute Gasteiger partial charge is 0.256 e. The number of hydrogen-bond acceptors (Lipinski definition) is 3. The normalized spacial score (nSPS) is 17.1.